The molecular formula is C7H14Cl6Si2. The van der Waals surface area contributed by atoms with Gasteiger partial charge in [0.2, 0.25) is 0 Å². The second-order valence-corrected chi connectivity index (χ2v) is 12.1. The molecule has 1 aliphatic carbocycles. The first-order valence-corrected chi connectivity index (χ1v) is 14.4. The quantitative estimate of drug-likeness (QED) is 0.455. The molecule has 0 spiro atoms. The molecule has 15 heavy (non-hydrogen) atoms. The molecule has 0 aromatic rings. The summed E-state index contributed by atoms with van der Waals surface area (Å²) in [5, 5.41) is -2.62. The maximum absolute atomic E-state index is 5.88. The molecule has 0 aliphatic heterocycles. The summed E-state index contributed by atoms with van der Waals surface area (Å²) in [6, 6.07) is 0. The SMILES string of the molecule is C[SiH2][SiH3].Cl[C@H]1[C@H](Cl)[C@@H](Cl)[C@@H](Cl)[C@H](Cl)[C@H]1Cl. The molecule has 0 amide bonds. The van der Waals surface area contributed by atoms with Gasteiger partial charge in [-0.15, -0.1) is 69.6 Å². The monoisotopic (exact) mass is 364 g/mol. The second kappa shape index (κ2) is 8.31. The molecule has 1 saturated carbocycles. The largest absolute Gasteiger partial charge is 0.120 e. The smallest absolute Gasteiger partial charge is 0.0693 e. The van der Waals surface area contributed by atoms with Crippen molar-refractivity contribution in [2.24, 2.45) is 0 Å². The van der Waals surface area contributed by atoms with Crippen LogP contribution in [-0.4, -0.2) is 51.1 Å². The van der Waals surface area contributed by atoms with Crippen LogP contribution in [0.25, 0.3) is 0 Å². The lowest BCUT2D eigenvalue weighted by molar-refractivity contribution is 0.544. The minimum absolute atomic E-state index is 0.437. The van der Waals surface area contributed by atoms with E-state index >= 15 is 0 Å². The third-order valence-corrected chi connectivity index (χ3v) is 5.86. The number of hydrogen-bond acceptors (Lipinski definition) is 0. The van der Waals surface area contributed by atoms with Gasteiger partial charge < -0.3 is 0 Å². The minimum Gasteiger partial charge on any atom is -0.120 e. The second-order valence-electron chi connectivity index (χ2n) is 3.37. The van der Waals surface area contributed by atoms with Gasteiger partial charge in [0.25, 0.3) is 0 Å². The number of alkyl halides is 6. The van der Waals surface area contributed by atoms with E-state index in [1.807, 2.05) is 0 Å². The van der Waals surface area contributed by atoms with Gasteiger partial charge in [0, 0.05) is 9.04 Å². The fourth-order valence-electron chi connectivity index (χ4n) is 1.05. The van der Waals surface area contributed by atoms with Crippen molar-refractivity contribution >= 4 is 88.4 Å². The molecule has 8 heteroatoms. The van der Waals surface area contributed by atoms with E-state index in [1.54, 1.807) is 0 Å². The van der Waals surface area contributed by atoms with Crippen molar-refractivity contribution in [1.82, 2.24) is 0 Å². The molecule has 0 unspecified atom stereocenters. The molecule has 0 aromatic carbocycles. The Kier molecular flexibility index (Phi) is 9.51. The molecule has 1 rings (SSSR count). The Balaban J connectivity index is 0.000000583. The van der Waals surface area contributed by atoms with E-state index in [9.17, 15) is 0 Å². The van der Waals surface area contributed by atoms with Crippen LogP contribution in [0.5, 0.6) is 0 Å². The lowest BCUT2D eigenvalue weighted by Gasteiger charge is -2.37. The molecule has 1 fully saturated rings. The van der Waals surface area contributed by atoms with E-state index < -0.39 is 32.3 Å². The lowest BCUT2D eigenvalue weighted by atomic mass is 9.97. The zero-order valence-corrected chi connectivity index (χ0v) is 16.4. The Bertz CT molecular complexity index is 124. The van der Waals surface area contributed by atoms with Crippen molar-refractivity contribution in [3.05, 3.63) is 0 Å². The highest BCUT2D eigenvalue weighted by molar-refractivity contribution is 6.88. The summed E-state index contributed by atoms with van der Waals surface area (Å²) in [5.74, 6) is 0. The van der Waals surface area contributed by atoms with Crippen LogP contribution in [0.15, 0.2) is 0 Å². The average molecular weight is 367 g/mol. The van der Waals surface area contributed by atoms with Crippen molar-refractivity contribution in [2.45, 2.75) is 38.8 Å². The molecule has 0 atom stereocenters. The van der Waals surface area contributed by atoms with Gasteiger partial charge in [-0.25, -0.2) is 0 Å². The van der Waals surface area contributed by atoms with Crippen molar-refractivity contribution < 1.29 is 0 Å². The van der Waals surface area contributed by atoms with Gasteiger partial charge in [-0.2, -0.15) is 0 Å². The van der Waals surface area contributed by atoms with E-state index in [-0.39, 0.29) is 0 Å². The molecule has 92 valence electrons. The Morgan fingerprint density at radius 3 is 0.800 bits per heavy atom. The van der Waals surface area contributed by atoms with Gasteiger partial charge in [-0.1, -0.05) is 6.55 Å². The van der Waals surface area contributed by atoms with Crippen molar-refractivity contribution in [3.63, 3.8) is 0 Å². The predicted octanol–water partition coefficient (Wildman–Crippen LogP) is 2.13. The first kappa shape index (κ1) is 17.2. The summed E-state index contributed by atoms with van der Waals surface area (Å²) in [5.41, 5.74) is 0. The highest BCUT2D eigenvalue weighted by Crippen LogP contribution is 2.39. The molecule has 0 nitrogen and oxygen atoms in total. The average Bonchev–Trinajstić information content (AvgIpc) is 2.22. The Morgan fingerprint density at radius 2 is 0.733 bits per heavy atom. The summed E-state index contributed by atoms with van der Waals surface area (Å²) in [4.78, 5) is 0. The third-order valence-electron chi connectivity index (χ3n) is 1.83. The van der Waals surface area contributed by atoms with Crippen molar-refractivity contribution in [1.29, 1.82) is 0 Å². The normalized spacial score (nSPS) is 46.6. The maximum atomic E-state index is 5.88. The molecule has 0 saturated heterocycles. The molecular weight excluding hydrogens is 353 g/mol. The summed E-state index contributed by atoms with van der Waals surface area (Å²) >= 11 is 35.3. The highest BCUT2D eigenvalue weighted by atomic mass is 35.5. The van der Waals surface area contributed by atoms with E-state index in [0.29, 0.717) is 9.04 Å². The first-order valence-electron chi connectivity index (χ1n) is 4.72. The first-order chi connectivity index (χ1) is 6.88. The van der Waals surface area contributed by atoms with E-state index in [2.05, 4.69) is 6.55 Å². The topological polar surface area (TPSA) is 0 Å². The van der Waals surface area contributed by atoms with E-state index in [1.165, 1.54) is 9.76 Å². The highest BCUT2D eigenvalue weighted by Gasteiger charge is 2.46. The third kappa shape index (κ3) is 4.74. The molecule has 0 bridgehead atoms. The van der Waals surface area contributed by atoms with E-state index in [0.717, 1.165) is 0 Å². The number of rotatable bonds is 0. The molecule has 1 aliphatic rings. The Hall–Kier alpha value is 2.17. The fraction of sp³-hybridized carbons (Fsp3) is 1.00. The van der Waals surface area contributed by atoms with Gasteiger partial charge in [-0.3, -0.25) is 0 Å². The Labute approximate surface area is 126 Å². The fourth-order valence-corrected chi connectivity index (χ4v) is 3.38. The molecule has 0 heterocycles. The number of halogens is 6. The van der Waals surface area contributed by atoms with Crippen LogP contribution < -0.4 is 0 Å². The summed E-state index contributed by atoms with van der Waals surface area (Å²) in [7, 11) is 2.06. The van der Waals surface area contributed by atoms with Gasteiger partial charge >= 0.3 is 0 Å². The van der Waals surface area contributed by atoms with Gasteiger partial charge in [0.15, 0.2) is 0 Å². The van der Waals surface area contributed by atoms with Crippen LogP contribution in [-0.2, 0) is 0 Å². The van der Waals surface area contributed by atoms with Crippen LogP contribution in [0, 0.1) is 0 Å². The molecule has 0 N–H and O–H groups in total. The van der Waals surface area contributed by atoms with Crippen LogP contribution >= 0.6 is 69.6 Å². The van der Waals surface area contributed by atoms with Gasteiger partial charge in [0.05, 0.1) is 32.3 Å². The van der Waals surface area contributed by atoms with Crippen molar-refractivity contribution in [3.8, 4) is 0 Å². The zero-order chi connectivity index (χ0) is 12.2. The van der Waals surface area contributed by atoms with Gasteiger partial charge in [-0.05, 0) is 9.76 Å². The standard InChI is InChI=1S/C6H6Cl6.CH8Si2/c7-1-2(8)4(10)6(12)5(11)3(1)9;1-3-2/h1-6H;3H2,1-2H3/t1-,2-,3-,4+,5+,6+;. The maximum Gasteiger partial charge on any atom is 0.0693 e. The molecule has 0 aromatic heterocycles. The zero-order valence-electron chi connectivity index (χ0n) is 8.44. The summed E-state index contributed by atoms with van der Waals surface area (Å²) < 4.78 is 0. The molecule has 0 radical (unpaired) electrons. The number of hydrogen-bond donors (Lipinski definition) is 0. The summed E-state index contributed by atoms with van der Waals surface area (Å²) in [6.07, 6.45) is 0. The Morgan fingerprint density at radius 1 is 0.667 bits per heavy atom. The summed E-state index contributed by atoms with van der Waals surface area (Å²) in [6.45, 7) is 2.33. The minimum atomic E-state index is -0.437. The van der Waals surface area contributed by atoms with Crippen molar-refractivity contribution in [2.75, 3.05) is 0 Å². The van der Waals surface area contributed by atoms with Gasteiger partial charge in [0.1, 0.15) is 0 Å². The van der Waals surface area contributed by atoms with Crippen LogP contribution in [0.4, 0.5) is 0 Å². The van der Waals surface area contributed by atoms with Crippen LogP contribution in [0.1, 0.15) is 0 Å². The lowest BCUT2D eigenvalue weighted by Crippen LogP contribution is -2.52. The predicted molar refractivity (Wildman–Crippen MR) is 82.2 cm³/mol. The van der Waals surface area contributed by atoms with Crippen LogP contribution in [0.2, 0.25) is 6.55 Å². The van der Waals surface area contributed by atoms with Crippen LogP contribution in [0.3, 0.4) is 0 Å². The van der Waals surface area contributed by atoms with E-state index in [4.69, 9.17) is 69.6 Å².